The third kappa shape index (κ3) is 4.63. The number of carbonyl (C=O) groups is 1. The van der Waals surface area contributed by atoms with Crippen LogP contribution in [-0.2, 0) is 18.4 Å². The molecule has 1 saturated heterocycles. The van der Waals surface area contributed by atoms with Crippen LogP contribution in [0, 0.1) is 17.8 Å². The van der Waals surface area contributed by atoms with E-state index in [0.717, 1.165) is 61.2 Å². The lowest BCUT2D eigenvalue weighted by Gasteiger charge is -2.38. The van der Waals surface area contributed by atoms with Crippen LogP contribution in [0.5, 0.6) is 5.75 Å². The first-order valence-corrected chi connectivity index (χ1v) is 12.3. The zero-order valence-electron chi connectivity index (χ0n) is 20.3. The van der Waals surface area contributed by atoms with Crippen molar-refractivity contribution < 1.29 is 13.9 Å². The summed E-state index contributed by atoms with van der Waals surface area (Å²) in [5.74, 6) is 0.920. The van der Waals surface area contributed by atoms with E-state index in [-0.39, 0.29) is 17.5 Å². The van der Waals surface area contributed by atoms with Gasteiger partial charge in [-0.15, -0.1) is 0 Å². The van der Waals surface area contributed by atoms with E-state index in [0.29, 0.717) is 25.6 Å². The minimum absolute atomic E-state index is 0.0133. The molecule has 1 aliphatic heterocycles. The number of rotatable bonds is 5. The Hall–Kier alpha value is -3.36. The maximum Gasteiger partial charge on any atom is 0.328 e. The van der Waals surface area contributed by atoms with Gasteiger partial charge in [-0.05, 0) is 55.9 Å². The van der Waals surface area contributed by atoms with E-state index < -0.39 is 5.95 Å². The Morgan fingerprint density at radius 2 is 1.80 bits per heavy atom. The maximum atomic E-state index is 13.2. The van der Waals surface area contributed by atoms with Crippen molar-refractivity contribution >= 4 is 22.6 Å². The Morgan fingerprint density at radius 1 is 1.06 bits per heavy atom. The molecule has 0 atom stereocenters. The molecule has 2 aliphatic rings. The zero-order chi connectivity index (χ0) is 24.5. The van der Waals surface area contributed by atoms with E-state index in [4.69, 9.17) is 4.74 Å². The summed E-state index contributed by atoms with van der Waals surface area (Å²) in [6, 6.07) is 8.83. The van der Waals surface area contributed by atoms with Gasteiger partial charge in [-0.25, -0.2) is 9.78 Å². The number of hydrogen-bond donors (Lipinski definition) is 0. The number of aryl methyl sites for hydroxylation is 1. The van der Waals surface area contributed by atoms with Crippen LogP contribution >= 0.6 is 0 Å². The van der Waals surface area contributed by atoms with Gasteiger partial charge >= 0.3 is 5.69 Å². The highest BCUT2D eigenvalue weighted by Gasteiger charge is 2.31. The van der Waals surface area contributed by atoms with E-state index in [1.165, 1.54) is 6.07 Å². The molecule has 186 valence electrons. The molecule has 8 nitrogen and oxygen atoms in total. The van der Waals surface area contributed by atoms with E-state index in [1.807, 2.05) is 27.7 Å². The van der Waals surface area contributed by atoms with Crippen LogP contribution in [0.1, 0.15) is 25.7 Å². The maximum absolute atomic E-state index is 13.2. The van der Waals surface area contributed by atoms with Crippen LogP contribution in [0.25, 0.3) is 11.0 Å². The summed E-state index contributed by atoms with van der Waals surface area (Å²) in [6.45, 7) is 3.45. The van der Waals surface area contributed by atoms with E-state index >= 15 is 0 Å². The summed E-state index contributed by atoms with van der Waals surface area (Å²) < 4.78 is 22.0. The van der Waals surface area contributed by atoms with Gasteiger partial charge in [0.05, 0.1) is 30.0 Å². The molecule has 0 spiro atoms. The van der Waals surface area contributed by atoms with Gasteiger partial charge in [0.25, 0.3) is 0 Å². The molecular formula is C26H32FN5O3. The molecule has 1 aromatic carbocycles. The number of methoxy groups -OCH3 is 1. The summed E-state index contributed by atoms with van der Waals surface area (Å²) in [6.07, 6.45) is 5.13. The number of pyridine rings is 1. The molecule has 2 fully saturated rings. The monoisotopic (exact) mass is 481 g/mol. The number of hydrogen-bond acceptors (Lipinski definition) is 5. The van der Waals surface area contributed by atoms with Crippen molar-refractivity contribution in [2.75, 3.05) is 38.2 Å². The predicted molar refractivity (Wildman–Crippen MR) is 132 cm³/mol. The molecule has 1 saturated carbocycles. The fraction of sp³-hybridized carbons (Fsp3) is 0.500. The van der Waals surface area contributed by atoms with Gasteiger partial charge in [0.1, 0.15) is 5.75 Å². The molecule has 3 heterocycles. The first-order chi connectivity index (χ1) is 16.9. The number of anilines is 1. The molecule has 9 heteroatoms. The summed E-state index contributed by atoms with van der Waals surface area (Å²) in [4.78, 5) is 33.9. The Kier molecular flexibility index (Phi) is 6.49. The van der Waals surface area contributed by atoms with E-state index in [2.05, 4.69) is 9.88 Å². The van der Waals surface area contributed by atoms with E-state index in [9.17, 15) is 14.0 Å². The smallest absolute Gasteiger partial charge is 0.328 e. The predicted octanol–water partition coefficient (Wildman–Crippen LogP) is 3.04. The van der Waals surface area contributed by atoms with E-state index in [1.54, 1.807) is 31.0 Å². The lowest BCUT2D eigenvalue weighted by Crippen LogP contribution is -2.50. The van der Waals surface area contributed by atoms with Crippen molar-refractivity contribution in [3.63, 3.8) is 0 Å². The Morgan fingerprint density at radius 3 is 2.46 bits per heavy atom. The van der Waals surface area contributed by atoms with Gasteiger partial charge in [0.2, 0.25) is 11.9 Å². The van der Waals surface area contributed by atoms with Gasteiger partial charge < -0.3 is 14.5 Å². The number of nitrogens with zero attached hydrogens (tertiary/aromatic N) is 5. The standard InChI is InChI=1S/C26H32FN5O3/c1-29-22-9-8-21(35-2)15-23(22)32(26(29)34)17-18-3-5-19(6-4-18)25(33)31-13-11-30(12-14-31)20-7-10-24(27)28-16-20/h7-10,15-16,18-19H,3-6,11-14,17H2,1-2H3. The highest BCUT2D eigenvalue weighted by Crippen LogP contribution is 2.32. The lowest BCUT2D eigenvalue weighted by molar-refractivity contribution is -0.137. The molecule has 0 radical (unpaired) electrons. The molecular weight excluding hydrogens is 449 g/mol. The first kappa shape index (κ1) is 23.4. The molecule has 0 N–H and O–H groups in total. The van der Waals surface area contributed by atoms with Crippen LogP contribution < -0.4 is 15.3 Å². The van der Waals surface area contributed by atoms with Crippen molar-refractivity contribution in [1.29, 1.82) is 0 Å². The largest absolute Gasteiger partial charge is 0.497 e. The minimum atomic E-state index is -0.483. The third-order valence-corrected chi connectivity index (χ3v) is 7.66. The van der Waals surface area contributed by atoms with Crippen LogP contribution in [0.15, 0.2) is 41.3 Å². The average molecular weight is 482 g/mol. The normalized spacial score (nSPS) is 20.9. The molecule has 0 bridgehead atoms. The molecule has 2 aromatic heterocycles. The van der Waals surface area contributed by atoms with Crippen LogP contribution in [0.3, 0.4) is 0 Å². The SMILES string of the molecule is COc1ccc2c(c1)n(CC1CCC(C(=O)N3CCN(c4ccc(F)nc4)CC3)CC1)c(=O)n2C. The Bertz CT molecular complexity index is 1250. The number of piperazine rings is 1. The highest BCUT2D eigenvalue weighted by molar-refractivity contribution is 5.79. The Balaban J connectivity index is 1.17. The van der Waals surface area contributed by atoms with Gasteiger partial charge in [-0.2, -0.15) is 4.39 Å². The second-order valence-electron chi connectivity index (χ2n) is 9.68. The average Bonchev–Trinajstić information content (AvgIpc) is 3.13. The quantitative estimate of drug-likeness (QED) is 0.524. The molecule has 5 rings (SSSR count). The summed E-state index contributed by atoms with van der Waals surface area (Å²) in [5.41, 5.74) is 2.67. The zero-order valence-corrected chi connectivity index (χ0v) is 20.3. The van der Waals surface area contributed by atoms with Crippen LogP contribution in [0.4, 0.5) is 10.1 Å². The van der Waals surface area contributed by atoms with Gasteiger partial charge in [-0.3, -0.25) is 13.9 Å². The summed E-state index contributed by atoms with van der Waals surface area (Å²) >= 11 is 0. The second-order valence-corrected chi connectivity index (χ2v) is 9.68. The van der Waals surface area contributed by atoms with Crippen molar-refractivity contribution in [1.82, 2.24) is 19.0 Å². The number of amides is 1. The number of fused-ring (bicyclic) bond motifs is 1. The highest BCUT2D eigenvalue weighted by atomic mass is 19.1. The fourth-order valence-corrected chi connectivity index (χ4v) is 5.54. The summed E-state index contributed by atoms with van der Waals surface area (Å²) in [5, 5.41) is 0. The number of ether oxygens (including phenoxy) is 1. The number of aromatic nitrogens is 3. The fourth-order valence-electron chi connectivity index (χ4n) is 5.54. The van der Waals surface area contributed by atoms with Gasteiger partial charge in [0.15, 0.2) is 0 Å². The molecule has 1 aliphatic carbocycles. The van der Waals surface area contributed by atoms with Crippen molar-refractivity contribution in [2.24, 2.45) is 18.9 Å². The molecule has 3 aromatic rings. The van der Waals surface area contributed by atoms with Gasteiger partial charge in [-0.1, -0.05) is 0 Å². The Labute approximate surface area is 203 Å². The first-order valence-electron chi connectivity index (χ1n) is 12.3. The lowest BCUT2D eigenvalue weighted by atomic mass is 9.81. The second kappa shape index (κ2) is 9.71. The summed E-state index contributed by atoms with van der Waals surface area (Å²) in [7, 11) is 3.43. The molecule has 0 unspecified atom stereocenters. The van der Waals surface area contributed by atoms with Crippen molar-refractivity contribution in [3.05, 3.63) is 53.0 Å². The van der Waals surface area contributed by atoms with Crippen molar-refractivity contribution in [3.8, 4) is 5.75 Å². The number of halogens is 1. The van der Waals surface area contributed by atoms with Crippen LogP contribution in [0.2, 0.25) is 0 Å². The number of imidazole rings is 1. The topological polar surface area (TPSA) is 72.6 Å². The molecule has 35 heavy (non-hydrogen) atoms. The number of carbonyl (C=O) groups excluding carboxylic acids is 1. The van der Waals surface area contributed by atoms with Crippen LogP contribution in [-0.4, -0.2) is 58.2 Å². The molecule has 1 amide bonds. The number of benzene rings is 1. The van der Waals surface area contributed by atoms with Gasteiger partial charge in [0, 0.05) is 51.8 Å². The third-order valence-electron chi connectivity index (χ3n) is 7.66. The minimum Gasteiger partial charge on any atom is -0.497 e. The van der Waals surface area contributed by atoms with Crippen molar-refractivity contribution in [2.45, 2.75) is 32.2 Å².